The van der Waals surface area contributed by atoms with Crippen molar-refractivity contribution in [3.8, 4) is 11.5 Å². The third-order valence-electron chi connectivity index (χ3n) is 5.57. The maximum absolute atomic E-state index is 11.8. The van der Waals surface area contributed by atoms with Gasteiger partial charge in [-0.25, -0.2) is 9.48 Å². The van der Waals surface area contributed by atoms with Crippen molar-refractivity contribution in [2.24, 2.45) is 0 Å². The van der Waals surface area contributed by atoms with E-state index in [0.29, 0.717) is 55.0 Å². The summed E-state index contributed by atoms with van der Waals surface area (Å²) in [6.07, 6.45) is 3.60. The summed E-state index contributed by atoms with van der Waals surface area (Å²) in [6.45, 7) is 6.69. The van der Waals surface area contributed by atoms with Gasteiger partial charge in [0.25, 0.3) is 0 Å². The highest BCUT2D eigenvalue weighted by Gasteiger charge is 2.16. The summed E-state index contributed by atoms with van der Waals surface area (Å²) >= 11 is 0. The zero-order chi connectivity index (χ0) is 25.2. The van der Waals surface area contributed by atoms with Gasteiger partial charge in [0.05, 0.1) is 24.3 Å². The Hall–Kier alpha value is -3.75. The minimum absolute atomic E-state index is 0.0190. The Morgan fingerprint density at radius 1 is 1.06 bits per heavy atom. The van der Waals surface area contributed by atoms with Crippen LogP contribution in [-0.2, 0) is 24.1 Å². The second kappa shape index (κ2) is 12.6. The Bertz CT molecular complexity index is 1140. The fourth-order valence-electron chi connectivity index (χ4n) is 3.75. The van der Waals surface area contributed by atoms with Crippen LogP contribution in [0.3, 0.4) is 0 Å². The highest BCUT2D eigenvalue weighted by molar-refractivity contribution is 5.97. The van der Waals surface area contributed by atoms with Crippen molar-refractivity contribution in [2.45, 2.75) is 59.4 Å². The molecule has 35 heavy (non-hydrogen) atoms. The van der Waals surface area contributed by atoms with Crippen LogP contribution in [0.4, 0.5) is 0 Å². The van der Waals surface area contributed by atoms with Gasteiger partial charge in [-0.2, -0.15) is 0 Å². The molecule has 0 aliphatic rings. The Morgan fingerprint density at radius 2 is 1.83 bits per heavy atom. The van der Waals surface area contributed by atoms with Crippen LogP contribution in [0.25, 0.3) is 0 Å². The molecule has 0 radical (unpaired) electrons. The monoisotopic (exact) mass is 480 g/mol. The number of hydrogen-bond acceptors (Lipinski definition) is 8. The third kappa shape index (κ3) is 6.88. The number of aromatic hydroxyl groups is 1. The normalized spacial score (nSPS) is 10.8. The van der Waals surface area contributed by atoms with E-state index in [1.165, 1.54) is 6.92 Å². The van der Waals surface area contributed by atoms with Crippen molar-refractivity contribution in [3.05, 3.63) is 64.5 Å². The van der Waals surface area contributed by atoms with E-state index in [2.05, 4.69) is 15.5 Å². The fraction of sp³-hybridized carbons (Fsp3) is 0.423. The molecule has 1 aromatic heterocycles. The SMILES string of the molecule is CCCc1c(OCCCCn2nnnc2Cc2ccc(C(=O)OCC)cc2)ccc(C(C)=O)c1O. The predicted octanol–water partition coefficient (Wildman–Crippen LogP) is 4.16. The molecule has 3 aromatic rings. The molecule has 9 nitrogen and oxygen atoms in total. The zero-order valence-corrected chi connectivity index (χ0v) is 20.5. The van der Waals surface area contributed by atoms with Gasteiger partial charge < -0.3 is 14.6 Å². The lowest BCUT2D eigenvalue weighted by Crippen LogP contribution is -2.09. The maximum Gasteiger partial charge on any atom is 0.338 e. The van der Waals surface area contributed by atoms with Crippen molar-refractivity contribution in [2.75, 3.05) is 13.2 Å². The molecule has 0 saturated carbocycles. The number of unbranched alkanes of at least 4 members (excludes halogenated alkanes) is 1. The number of nitrogens with zero attached hydrogens (tertiary/aromatic N) is 4. The second-order valence-electron chi connectivity index (χ2n) is 8.21. The molecule has 0 atom stereocenters. The van der Waals surface area contributed by atoms with E-state index in [9.17, 15) is 14.7 Å². The number of carbonyl (C=O) groups is 2. The van der Waals surface area contributed by atoms with Crippen LogP contribution < -0.4 is 4.74 Å². The Balaban J connectivity index is 1.51. The number of aromatic nitrogens is 4. The number of ether oxygens (including phenoxy) is 2. The quantitative estimate of drug-likeness (QED) is 0.220. The topological polar surface area (TPSA) is 116 Å². The van der Waals surface area contributed by atoms with Gasteiger partial charge in [0, 0.05) is 18.5 Å². The molecule has 0 bridgehead atoms. The molecule has 186 valence electrons. The molecular weight excluding hydrogens is 448 g/mol. The highest BCUT2D eigenvalue weighted by Crippen LogP contribution is 2.33. The van der Waals surface area contributed by atoms with Gasteiger partial charge >= 0.3 is 5.97 Å². The summed E-state index contributed by atoms with van der Waals surface area (Å²) in [4.78, 5) is 23.5. The number of hydrogen-bond donors (Lipinski definition) is 1. The van der Waals surface area contributed by atoms with E-state index in [0.717, 1.165) is 30.7 Å². The molecule has 0 spiro atoms. The van der Waals surface area contributed by atoms with E-state index in [1.54, 1.807) is 35.9 Å². The Morgan fingerprint density at radius 3 is 2.51 bits per heavy atom. The predicted molar refractivity (Wildman–Crippen MR) is 130 cm³/mol. The number of tetrazole rings is 1. The van der Waals surface area contributed by atoms with Crippen LogP contribution >= 0.6 is 0 Å². The first-order chi connectivity index (χ1) is 16.9. The van der Waals surface area contributed by atoms with Crippen molar-refractivity contribution in [1.82, 2.24) is 20.2 Å². The molecule has 1 N–H and O–H groups in total. The number of esters is 1. The second-order valence-corrected chi connectivity index (χ2v) is 8.21. The number of Topliss-reactive ketones (excluding diaryl/α,β-unsaturated/α-hetero) is 1. The molecule has 0 unspecified atom stereocenters. The molecule has 9 heteroatoms. The van der Waals surface area contributed by atoms with Crippen LogP contribution in [0.5, 0.6) is 11.5 Å². The highest BCUT2D eigenvalue weighted by atomic mass is 16.5. The number of rotatable bonds is 13. The van der Waals surface area contributed by atoms with E-state index < -0.39 is 0 Å². The smallest absolute Gasteiger partial charge is 0.338 e. The molecular formula is C26H32N4O5. The molecule has 2 aromatic carbocycles. The maximum atomic E-state index is 11.8. The lowest BCUT2D eigenvalue weighted by molar-refractivity contribution is 0.0526. The van der Waals surface area contributed by atoms with Crippen LogP contribution in [0.15, 0.2) is 36.4 Å². The lowest BCUT2D eigenvalue weighted by atomic mass is 10.0. The number of carbonyl (C=O) groups excluding carboxylic acids is 2. The van der Waals surface area contributed by atoms with E-state index in [-0.39, 0.29) is 17.5 Å². The van der Waals surface area contributed by atoms with Crippen LogP contribution in [0.2, 0.25) is 0 Å². The summed E-state index contributed by atoms with van der Waals surface area (Å²) in [6, 6.07) is 10.6. The summed E-state index contributed by atoms with van der Waals surface area (Å²) in [5.74, 6) is 0.871. The van der Waals surface area contributed by atoms with Crippen molar-refractivity contribution in [1.29, 1.82) is 0 Å². The number of ketones is 1. The van der Waals surface area contributed by atoms with E-state index in [4.69, 9.17) is 9.47 Å². The number of phenols is 1. The minimum Gasteiger partial charge on any atom is -0.507 e. The number of benzene rings is 2. The van der Waals surface area contributed by atoms with Crippen molar-refractivity contribution < 1.29 is 24.2 Å². The summed E-state index contributed by atoms with van der Waals surface area (Å²) in [5.41, 5.74) is 2.51. The van der Waals surface area contributed by atoms with Crippen LogP contribution in [0.1, 0.15) is 77.7 Å². The Kier molecular flexibility index (Phi) is 9.34. The standard InChI is InChI=1S/C26H32N4O5/c1-4-8-22-23(14-13-21(18(3)31)25(22)32)35-16-7-6-15-30-24(27-28-29-30)17-19-9-11-20(12-10-19)26(33)34-5-2/h9-14,32H,4-8,15-17H2,1-3H3. The van der Waals surface area contributed by atoms with Crippen molar-refractivity contribution >= 4 is 11.8 Å². The summed E-state index contributed by atoms with van der Waals surface area (Å²) in [5, 5.41) is 22.5. The average Bonchev–Trinajstić information content (AvgIpc) is 3.28. The van der Waals surface area contributed by atoms with Gasteiger partial charge in [-0.3, -0.25) is 4.79 Å². The number of aryl methyl sites for hydroxylation is 1. The number of phenolic OH excluding ortho intramolecular Hbond substituents is 1. The van der Waals surface area contributed by atoms with Gasteiger partial charge in [-0.1, -0.05) is 25.5 Å². The molecule has 0 amide bonds. The first-order valence-corrected chi connectivity index (χ1v) is 11.9. The first-order valence-electron chi connectivity index (χ1n) is 11.9. The van der Waals surface area contributed by atoms with Gasteiger partial charge in [0.2, 0.25) is 0 Å². The molecule has 0 fully saturated rings. The molecule has 1 heterocycles. The molecule has 0 aliphatic carbocycles. The lowest BCUT2D eigenvalue weighted by Gasteiger charge is -2.14. The molecule has 0 aliphatic heterocycles. The van der Waals surface area contributed by atoms with Crippen LogP contribution in [0, 0.1) is 0 Å². The van der Waals surface area contributed by atoms with Gasteiger partial charge in [0.1, 0.15) is 11.5 Å². The van der Waals surface area contributed by atoms with Gasteiger partial charge in [-0.05, 0) is 73.4 Å². The van der Waals surface area contributed by atoms with Crippen molar-refractivity contribution in [3.63, 3.8) is 0 Å². The van der Waals surface area contributed by atoms with E-state index >= 15 is 0 Å². The largest absolute Gasteiger partial charge is 0.507 e. The third-order valence-corrected chi connectivity index (χ3v) is 5.57. The fourth-order valence-corrected chi connectivity index (χ4v) is 3.75. The van der Waals surface area contributed by atoms with E-state index in [1.807, 2.05) is 19.1 Å². The Labute approximate surface area is 205 Å². The van der Waals surface area contributed by atoms with Gasteiger partial charge in [0.15, 0.2) is 11.6 Å². The van der Waals surface area contributed by atoms with Crippen LogP contribution in [-0.4, -0.2) is 50.3 Å². The minimum atomic E-state index is -0.335. The molecule has 3 rings (SSSR count). The zero-order valence-electron chi connectivity index (χ0n) is 20.5. The first kappa shape index (κ1) is 25.9. The molecule has 0 saturated heterocycles. The summed E-state index contributed by atoms with van der Waals surface area (Å²) in [7, 11) is 0. The summed E-state index contributed by atoms with van der Waals surface area (Å²) < 4.78 is 12.7. The average molecular weight is 481 g/mol. The van der Waals surface area contributed by atoms with Gasteiger partial charge in [-0.15, -0.1) is 5.10 Å².